The first-order valence-corrected chi connectivity index (χ1v) is 19.2. The van der Waals surface area contributed by atoms with Crippen LogP contribution in [0.5, 0.6) is 0 Å². The second kappa shape index (κ2) is 12.6. The Bertz CT molecular complexity index is 1450. The van der Waals surface area contributed by atoms with Crippen molar-refractivity contribution in [2.75, 3.05) is 13.2 Å². The van der Waals surface area contributed by atoms with Gasteiger partial charge in [-0.05, 0) is 46.3 Å². The Morgan fingerprint density at radius 1 is 0.933 bits per heavy atom. The molecule has 2 heterocycles. The molecule has 1 N–H and O–H groups in total. The average molecular weight is 630 g/mol. The van der Waals surface area contributed by atoms with Gasteiger partial charge in [0, 0.05) is 17.4 Å². The fourth-order valence-corrected chi connectivity index (χ4v) is 9.31. The van der Waals surface area contributed by atoms with Gasteiger partial charge in [-0.2, -0.15) is 0 Å². The van der Waals surface area contributed by atoms with Gasteiger partial charge in [0.2, 0.25) is 0 Å². The summed E-state index contributed by atoms with van der Waals surface area (Å²) in [6.07, 6.45) is -2.28. The van der Waals surface area contributed by atoms with Gasteiger partial charge >= 0.3 is 6.09 Å². The molecular formula is C37H47NO6Si. The molecule has 1 aliphatic carbocycles. The fraction of sp³-hybridized carbons (Fsp3) is 0.486. The maximum Gasteiger partial charge on any atom is 0.407 e. The number of benzene rings is 3. The van der Waals surface area contributed by atoms with E-state index in [-0.39, 0.29) is 35.7 Å². The van der Waals surface area contributed by atoms with Crippen LogP contribution in [0.3, 0.4) is 0 Å². The van der Waals surface area contributed by atoms with E-state index in [1.54, 1.807) is 0 Å². The quantitative estimate of drug-likeness (QED) is 0.254. The molecule has 8 heteroatoms. The van der Waals surface area contributed by atoms with E-state index < -0.39 is 33.0 Å². The van der Waals surface area contributed by atoms with Gasteiger partial charge in [-0.3, -0.25) is 0 Å². The van der Waals surface area contributed by atoms with Crippen molar-refractivity contribution in [3.63, 3.8) is 0 Å². The third kappa shape index (κ3) is 6.11. The van der Waals surface area contributed by atoms with Crippen molar-refractivity contribution in [3.8, 4) is 11.1 Å². The molecular weight excluding hydrogens is 582 g/mol. The second-order valence-corrected chi connectivity index (χ2v) is 18.6. The van der Waals surface area contributed by atoms with Crippen LogP contribution in [-0.4, -0.2) is 52.2 Å². The Morgan fingerprint density at radius 2 is 1.53 bits per heavy atom. The first-order valence-electron chi connectivity index (χ1n) is 16.2. The lowest BCUT2D eigenvalue weighted by Crippen LogP contribution is -2.65. The normalized spacial score (nSPS) is 26.6. The van der Waals surface area contributed by atoms with E-state index >= 15 is 0 Å². The summed E-state index contributed by atoms with van der Waals surface area (Å²) < 4.78 is 32.2. The highest BCUT2D eigenvalue weighted by Crippen LogP contribution is 2.47. The average Bonchev–Trinajstić information content (AvgIpc) is 3.35. The molecule has 3 unspecified atom stereocenters. The molecule has 0 saturated carbocycles. The van der Waals surface area contributed by atoms with Crippen LogP contribution < -0.4 is 5.32 Å². The summed E-state index contributed by atoms with van der Waals surface area (Å²) in [4.78, 5) is 13.6. The van der Waals surface area contributed by atoms with Crippen molar-refractivity contribution >= 4 is 14.4 Å². The van der Waals surface area contributed by atoms with E-state index in [0.717, 1.165) is 5.56 Å². The minimum atomic E-state index is -2.34. The van der Waals surface area contributed by atoms with E-state index in [4.69, 9.17) is 23.4 Å². The van der Waals surface area contributed by atoms with Gasteiger partial charge in [0.1, 0.15) is 12.7 Å². The first-order chi connectivity index (χ1) is 21.5. The Kier molecular flexibility index (Phi) is 8.98. The molecule has 2 fully saturated rings. The van der Waals surface area contributed by atoms with E-state index in [2.05, 4.69) is 89.4 Å². The summed E-state index contributed by atoms with van der Waals surface area (Å²) in [6.45, 7) is 16.2. The molecule has 7 nitrogen and oxygen atoms in total. The Balaban J connectivity index is 1.21. The maximum absolute atomic E-state index is 13.6. The lowest BCUT2D eigenvalue weighted by Gasteiger charge is -2.52. The van der Waals surface area contributed by atoms with Crippen LogP contribution in [0.4, 0.5) is 4.79 Å². The van der Waals surface area contributed by atoms with Crippen LogP contribution in [0, 0.1) is 11.8 Å². The van der Waals surface area contributed by atoms with Gasteiger partial charge in [-0.1, -0.05) is 113 Å². The third-order valence-electron chi connectivity index (χ3n) is 10.9. The smallest absolute Gasteiger partial charge is 0.407 e. The number of ether oxygens (including phenoxy) is 4. The van der Waals surface area contributed by atoms with Crippen molar-refractivity contribution in [2.24, 2.45) is 11.8 Å². The summed E-state index contributed by atoms with van der Waals surface area (Å²) >= 11 is 0. The summed E-state index contributed by atoms with van der Waals surface area (Å²) in [6, 6.07) is 26.1. The lowest BCUT2D eigenvalue weighted by atomic mass is 9.88. The number of hydrogen-bond acceptors (Lipinski definition) is 6. The molecule has 45 heavy (non-hydrogen) atoms. The minimum absolute atomic E-state index is 0.0248. The minimum Gasteiger partial charge on any atom is -0.449 e. The third-order valence-corrected chi connectivity index (χ3v) is 15.4. The largest absolute Gasteiger partial charge is 0.449 e. The number of fused-ring (bicyclic) bond motifs is 4. The lowest BCUT2D eigenvalue weighted by molar-refractivity contribution is -0.325. The molecule has 0 aromatic heterocycles. The maximum atomic E-state index is 13.6. The molecule has 0 spiro atoms. The van der Waals surface area contributed by atoms with Crippen molar-refractivity contribution in [3.05, 3.63) is 95.6 Å². The van der Waals surface area contributed by atoms with E-state index in [9.17, 15) is 4.79 Å². The standard InChI is InChI=1S/C37H47NO6Si/c1-23(2)37(4,5)45(6,7)44-35-32(24(3)33-31(42-35)22-40-34(43-33)25-15-9-8-10-16-25)38-36(39)41-21-30-28-19-13-11-17-26(28)27-18-12-14-20-29(27)30/h8-20,23-24,30-35H,21-22H2,1-7H3,(H,38,39)/t24-,31?,32?,33+,34?,35+/m1/s1. The first kappa shape index (κ1) is 31.9. The molecule has 0 bridgehead atoms. The molecule has 6 rings (SSSR count). The van der Waals surface area contributed by atoms with E-state index in [1.165, 1.54) is 22.3 Å². The van der Waals surface area contributed by atoms with E-state index in [1.807, 2.05) is 42.5 Å². The predicted molar refractivity (Wildman–Crippen MR) is 177 cm³/mol. The van der Waals surface area contributed by atoms with Crippen molar-refractivity contribution in [1.29, 1.82) is 0 Å². The number of alkyl carbamates (subject to hydrolysis) is 1. The zero-order valence-electron chi connectivity index (χ0n) is 27.5. The summed E-state index contributed by atoms with van der Waals surface area (Å²) in [7, 11) is -2.34. The molecule has 0 radical (unpaired) electrons. The summed E-state index contributed by atoms with van der Waals surface area (Å²) in [5.41, 5.74) is 5.70. The van der Waals surface area contributed by atoms with Crippen LogP contribution >= 0.6 is 0 Å². The van der Waals surface area contributed by atoms with Crippen LogP contribution in [0.2, 0.25) is 18.1 Å². The highest BCUT2D eigenvalue weighted by molar-refractivity contribution is 6.74. The highest BCUT2D eigenvalue weighted by Gasteiger charge is 2.53. The van der Waals surface area contributed by atoms with Crippen molar-refractivity contribution in [2.45, 2.75) is 89.5 Å². The van der Waals surface area contributed by atoms with Gasteiger partial charge in [-0.25, -0.2) is 4.79 Å². The Morgan fingerprint density at radius 3 is 2.16 bits per heavy atom. The molecule has 6 atom stereocenters. The molecule has 240 valence electrons. The number of carbonyl (C=O) groups excluding carboxylic acids is 1. The zero-order valence-corrected chi connectivity index (χ0v) is 28.5. The Hall–Kier alpha value is -3.01. The number of carbonyl (C=O) groups is 1. The number of hydrogen-bond donors (Lipinski definition) is 1. The topological polar surface area (TPSA) is 75.3 Å². The Labute approximate surface area is 268 Å². The van der Waals surface area contributed by atoms with Gasteiger partial charge in [-0.15, -0.1) is 0 Å². The highest BCUT2D eigenvalue weighted by atomic mass is 28.4. The van der Waals surface area contributed by atoms with E-state index in [0.29, 0.717) is 12.5 Å². The monoisotopic (exact) mass is 629 g/mol. The van der Waals surface area contributed by atoms with Crippen molar-refractivity contribution < 1.29 is 28.2 Å². The van der Waals surface area contributed by atoms with Crippen LogP contribution in [-0.2, 0) is 23.4 Å². The van der Waals surface area contributed by atoms with Gasteiger partial charge in [0.25, 0.3) is 0 Å². The number of nitrogens with one attached hydrogen (secondary N) is 1. The number of amides is 1. The molecule has 3 aliphatic rings. The van der Waals surface area contributed by atoms with Gasteiger partial charge in [0.05, 0.1) is 18.8 Å². The summed E-state index contributed by atoms with van der Waals surface area (Å²) in [5, 5.41) is 3.13. The van der Waals surface area contributed by atoms with Crippen LogP contribution in [0.1, 0.15) is 63.5 Å². The predicted octanol–water partition coefficient (Wildman–Crippen LogP) is 8.03. The second-order valence-electron chi connectivity index (χ2n) is 14.1. The number of rotatable bonds is 8. The molecule has 3 aromatic carbocycles. The zero-order chi connectivity index (χ0) is 31.9. The molecule has 3 aromatic rings. The molecule has 2 aliphatic heterocycles. The molecule has 2 saturated heterocycles. The van der Waals surface area contributed by atoms with Gasteiger partial charge < -0.3 is 28.7 Å². The van der Waals surface area contributed by atoms with Crippen LogP contribution in [0.25, 0.3) is 11.1 Å². The fourth-order valence-electron chi connectivity index (χ4n) is 6.83. The van der Waals surface area contributed by atoms with Crippen molar-refractivity contribution in [1.82, 2.24) is 5.32 Å². The van der Waals surface area contributed by atoms with Gasteiger partial charge in [0.15, 0.2) is 20.9 Å². The molecule has 1 amide bonds. The van der Waals surface area contributed by atoms with Crippen LogP contribution in [0.15, 0.2) is 78.9 Å². The summed E-state index contributed by atoms with van der Waals surface area (Å²) in [5.74, 6) is 0.258. The SMILES string of the molecule is CC(C)C(C)(C)[Si](C)(C)O[C@@H]1OC2COC(c3ccccc3)O[C@H]2[C@H](C)C1NC(=O)OCC1c2ccccc2-c2ccccc21.